The summed E-state index contributed by atoms with van der Waals surface area (Å²) in [7, 11) is 0. The molecule has 0 bridgehead atoms. The van der Waals surface area contributed by atoms with E-state index in [1.165, 1.54) is 16.7 Å². The van der Waals surface area contributed by atoms with Crippen molar-refractivity contribution >= 4 is 50.1 Å². The first-order chi connectivity index (χ1) is 13.7. The normalized spacial score (nSPS) is 17.3. The summed E-state index contributed by atoms with van der Waals surface area (Å²) in [6.07, 6.45) is 0.870. The standard InChI is InChI=1S/C20H16N4O2S2/c25-17-12-16(18(26)23(17)11-10-13-6-2-1-3-7-13)28-20-22-21-19-24(20)14-8-4-5-9-15(14)27-19/h1-9,16H,10-12H2. The summed E-state index contributed by atoms with van der Waals surface area (Å²) in [6.45, 7) is 0.412. The van der Waals surface area contributed by atoms with E-state index in [1.807, 2.05) is 59.0 Å². The first-order valence-corrected chi connectivity index (χ1v) is 10.7. The number of nitrogens with zero attached hydrogens (tertiary/aromatic N) is 4. The fourth-order valence-electron chi connectivity index (χ4n) is 3.42. The number of carbonyl (C=O) groups excluding carboxylic acids is 2. The molecule has 0 aliphatic carbocycles. The van der Waals surface area contributed by atoms with Crippen LogP contribution in [0.3, 0.4) is 0 Å². The van der Waals surface area contributed by atoms with Gasteiger partial charge >= 0.3 is 0 Å². The maximum atomic E-state index is 12.8. The number of likely N-dealkylation sites (tertiary alicyclic amines) is 1. The van der Waals surface area contributed by atoms with Crippen LogP contribution in [-0.4, -0.2) is 43.1 Å². The van der Waals surface area contributed by atoms with Crippen LogP contribution in [0.4, 0.5) is 0 Å². The Kier molecular flexibility index (Phi) is 4.37. The number of hydrogen-bond donors (Lipinski definition) is 0. The summed E-state index contributed by atoms with van der Waals surface area (Å²) in [5.74, 6) is -0.253. The van der Waals surface area contributed by atoms with Crippen LogP contribution in [0.2, 0.25) is 0 Å². The lowest BCUT2D eigenvalue weighted by Crippen LogP contribution is -2.33. The van der Waals surface area contributed by atoms with E-state index in [0.29, 0.717) is 18.1 Å². The molecule has 2 aromatic heterocycles. The molecule has 1 atom stereocenters. The van der Waals surface area contributed by atoms with Gasteiger partial charge in [0, 0.05) is 13.0 Å². The van der Waals surface area contributed by atoms with Crippen molar-refractivity contribution in [1.29, 1.82) is 0 Å². The number of aromatic nitrogens is 3. The van der Waals surface area contributed by atoms with Gasteiger partial charge in [0.25, 0.3) is 0 Å². The zero-order valence-electron chi connectivity index (χ0n) is 14.8. The largest absolute Gasteiger partial charge is 0.281 e. The zero-order chi connectivity index (χ0) is 19.1. The number of para-hydroxylation sites is 1. The molecule has 1 aliphatic rings. The van der Waals surface area contributed by atoms with Gasteiger partial charge in [0.15, 0.2) is 5.16 Å². The van der Waals surface area contributed by atoms with E-state index in [2.05, 4.69) is 10.2 Å². The highest BCUT2D eigenvalue weighted by Crippen LogP contribution is 2.34. The van der Waals surface area contributed by atoms with Gasteiger partial charge in [0.2, 0.25) is 16.8 Å². The predicted molar refractivity (Wildman–Crippen MR) is 109 cm³/mol. The first kappa shape index (κ1) is 17.4. The molecule has 0 saturated carbocycles. The van der Waals surface area contributed by atoms with Crippen molar-refractivity contribution in [2.45, 2.75) is 23.2 Å². The third-order valence-electron chi connectivity index (χ3n) is 4.83. The number of imide groups is 1. The highest BCUT2D eigenvalue weighted by atomic mass is 32.2. The number of carbonyl (C=O) groups is 2. The molecule has 0 spiro atoms. The Balaban J connectivity index is 1.35. The van der Waals surface area contributed by atoms with Gasteiger partial charge in [-0.15, -0.1) is 10.2 Å². The average Bonchev–Trinajstić information content (AvgIpc) is 3.35. The van der Waals surface area contributed by atoms with Crippen molar-refractivity contribution in [2.24, 2.45) is 0 Å². The maximum absolute atomic E-state index is 12.8. The SMILES string of the molecule is O=C1CC(Sc2nnc3sc4ccccc4n23)C(=O)N1CCc1ccccc1. The molecule has 2 amide bonds. The van der Waals surface area contributed by atoms with Gasteiger partial charge < -0.3 is 0 Å². The molecule has 28 heavy (non-hydrogen) atoms. The number of hydrogen-bond acceptors (Lipinski definition) is 6. The molecule has 8 heteroatoms. The average molecular weight is 409 g/mol. The van der Waals surface area contributed by atoms with Gasteiger partial charge in [-0.1, -0.05) is 65.6 Å². The van der Waals surface area contributed by atoms with Crippen molar-refractivity contribution in [1.82, 2.24) is 19.5 Å². The van der Waals surface area contributed by atoms with E-state index < -0.39 is 5.25 Å². The molecule has 1 fully saturated rings. The molecule has 3 heterocycles. The van der Waals surface area contributed by atoms with Crippen LogP contribution in [0.25, 0.3) is 15.2 Å². The Morgan fingerprint density at radius 1 is 1.04 bits per heavy atom. The van der Waals surface area contributed by atoms with Crippen LogP contribution in [0.1, 0.15) is 12.0 Å². The molecule has 0 radical (unpaired) electrons. The van der Waals surface area contributed by atoms with Crippen molar-refractivity contribution < 1.29 is 9.59 Å². The zero-order valence-corrected chi connectivity index (χ0v) is 16.4. The minimum atomic E-state index is -0.450. The molecule has 0 N–H and O–H groups in total. The minimum Gasteiger partial charge on any atom is -0.281 e. The van der Waals surface area contributed by atoms with Gasteiger partial charge in [-0.3, -0.25) is 18.9 Å². The molecule has 4 aromatic rings. The van der Waals surface area contributed by atoms with Gasteiger partial charge in [-0.25, -0.2) is 0 Å². The minimum absolute atomic E-state index is 0.116. The van der Waals surface area contributed by atoms with Crippen molar-refractivity contribution in [3.8, 4) is 0 Å². The second-order valence-electron chi connectivity index (χ2n) is 6.60. The van der Waals surface area contributed by atoms with E-state index in [9.17, 15) is 9.59 Å². The van der Waals surface area contributed by atoms with Crippen molar-refractivity contribution in [3.63, 3.8) is 0 Å². The molecule has 1 saturated heterocycles. The molecule has 1 aliphatic heterocycles. The monoisotopic (exact) mass is 408 g/mol. The lowest BCUT2D eigenvalue weighted by atomic mass is 10.1. The van der Waals surface area contributed by atoms with E-state index in [4.69, 9.17) is 0 Å². The summed E-state index contributed by atoms with van der Waals surface area (Å²) >= 11 is 2.89. The lowest BCUT2D eigenvalue weighted by molar-refractivity contribution is -0.138. The van der Waals surface area contributed by atoms with E-state index in [1.54, 1.807) is 11.3 Å². The van der Waals surface area contributed by atoms with Crippen LogP contribution >= 0.6 is 23.1 Å². The smallest absolute Gasteiger partial charge is 0.243 e. The molecule has 6 nitrogen and oxygen atoms in total. The first-order valence-electron chi connectivity index (χ1n) is 8.98. The predicted octanol–water partition coefficient (Wildman–Crippen LogP) is 3.41. The highest BCUT2D eigenvalue weighted by molar-refractivity contribution is 8.00. The highest BCUT2D eigenvalue weighted by Gasteiger charge is 2.39. The summed E-state index contributed by atoms with van der Waals surface area (Å²) in [5.41, 5.74) is 2.14. The third-order valence-corrected chi connectivity index (χ3v) is 6.97. The third kappa shape index (κ3) is 2.98. The van der Waals surface area contributed by atoms with Crippen LogP contribution in [0.5, 0.6) is 0 Å². The van der Waals surface area contributed by atoms with Gasteiger partial charge in [0.05, 0.1) is 10.2 Å². The van der Waals surface area contributed by atoms with Crippen LogP contribution < -0.4 is 0 Å². The summed E-state index contributed by atoms with van der Waals surface area (Å²) in [5, 5.41) is 8.70. The van der Waals surface area contributed by atoms with Gasteiger partial charge in [-0.2, -0.15) is 0 Å². The van der Waals surface area contributed by atoms with Gasteiger partial charge in [-0.05, 0) is 24.1 Å². The number of benzene rings is 2. The van der Waals surface area contributed by atoms with Gasteiger partial charge in [0.1, 0.15) is 5.25 Å². The molecular weight excluding hydrogens is 392 g/mol. The van der Waals surface area contributed by atoms with E-state index >= 15 is 0 Å². The van der Waals surface area contributed by atoms with Crippen molar-refractivity contribution in [3.05, 3.63) is 60.2 Å². The second kappa shape index (κ2) is 7.03. The Morgan fingerprint density at radius 3 is 2.68 bits per heavy atom. The molecule has 5 rings (SSSR count). The molecular formula is C20H16N4O2S2. The fraction of sp³-hybridized carbons (Fsp3) is 0.200. The van der Waals surface area contributed by atoms with E-state index in [0.717, 1.165) is 20.7 Å². The Hall–Kier alpha value is -2.71. The number of thiazole rings is 1. The van der Waals surface area contributed by atoms with Crippen LogP contribution in [0.15, 0.2) is 59.8 Å². The summed E-state index contributed by atoms with van der Waals surface area (Å²) in [6, 6.07) is 17.9. The Morgan fingerprint density at radius 2 is 1.82 bits per heavy atom. The number of fused-ring (bicyclic) bond motifs is 3. The maximum Gasteiger partial charge on any atom is 0.243 e. The van der Waals surface area contributed by atoms with Crippen LogP contribution in [-0.2, 0) is 16.0 Å². The topological polar surface area (TPSA) is 67.6 Å². The number of thioether (sulfide) groups is 1. The van der Waals surface area contributed by atoms with Crippen LogP contribution in [0, 0.1) is 0 Å². The second-order valence-corrected chi connectivity index (χ2v) is 8.78. The number of amides is 2. The number of rotatable bonds is 5. The fourth-order valence-corrected chi connectivity index (χ4v) is 5.53. The quantitative estimate of drug-likeness (QED) is 0.474. The molecule has 1 unspecified atom stereocenters. The van der Waals surface area contributed by atoms with E-state index in [-0.39, 0.29) is 18.2 Å². The Bertz CT molecular complexity index is 1180. The lowest BCUT2D eigenvalue weighted by Gasteiger charge is -2.14. The Labute approximate surface area is 169 Å². The summed E-state index contributed by atoms with van der Waals surface area (Å²) < 4.78 is 3.09. The molecule has 2 aromatic carbocycles. The molecule has 140 valence electrons. The van der Waals surface area contributed by atoms with Crippen molar-refractivity contribution in [2.75, 3.05) is 6.54 Å². The summed E-state index contributed by atoms with van der Waals surface area (Å²) in [4.78, 5) is 27.4.